The molecule has 1 saturated carbocycles. The SMILES string of the molecule is Cc1cnnc(NCC2(O)CCCCC2)c1. The average molecular weight is 221 g/mol. The minimum Gasteiger partial charge on any atom is -0.388 e. The number of aliphatic hydroxyl groups is 1. The molecule has 0 radical (unpaired) electrons. The lowest BCUT2D eigenvalue weighted by molar-refractivity contribution is 0.0166. The van der Waals surface area contributed by atoms with Crippen LogP contribution in [0.3, 0.4) is 0 Å². The Kier molecular flexibility index (Phi) is 3.39. The van der Waals surface area contributed by atoms with Crippen LogP contribution in [0.15, 0.2) is 12.3 Å². The molecule has 0 aromatic carbocycles. The largest absolute Gasteiger partial charge is 0.388 e. The van der Waals surface area contributed by atoms with Gasteiger partial charge in [0.2, 0.25) is 0 Å². The fourth-order valence-electron chi connectivity index (χ4n) is 2.19. The van der Waals surface area contributed by atoms with Crippen molar-refractivity contribution in [3.05, 3.63) is 17.8 Å². The van der Waals surface area contributed by atoms with Crippen molar-refractivity contribution in [1.82, 2.24) is 10.2 Å². The maximum atomic E-state index is 10.3. The summed E-state index contributed by atoms with van der Waals surface area (Å²) in [6.45, 7) is 2.56. The molecule has 1 aliphatic carbocycles. The first-order chi connectivity index (χ1) is 7.68. The number of hydrogen-bond acceptors (Lipinski definition) is 4. The predicted octanol–water partition coefficient (Wildman–Crippen LogP) is 1.89. The summed E-state index contributed by atoms with van der Waals surface area (Å²) in [6.07, 6.45) is 6.99. The topological polar surface area (TPSA) is 58.0 Å². The number of nitrogens with one attached hydrogen (secondary N) is 1. The van der Waals surface area contributed by atoms with Crippen LogP contribution in [0.4, 0.5) is 5.82 Å². The molecule has 1 fully saturated rings. The van der Waals surface area contributed by atoms with E-state index in [-0.39, 0.29) is 0 Å². The summed E-state index contributed by atoms with van der Waals surface area (Å²) in [5.74, 6) is 0.749. The van der Waals surface area contributed by atoms with E-state index < -0.39 is 5.60 Å². The van der Waals surface area contributed by atoms with Crippen molar-refractivity contribution in [2.45, 2.75) is 44.6 Å². The van der Waals surface area contributed by atoms with Crippen molar-refractivity contribution in [1.29, 1.82) is 0 Å². The van der Waals surface area contributed by atoms with Gasteiger partial charge in [0.15, 0.2) is 0 Å². The van der Waals surface area contributed by atoms with Gasteiger partial charge in [0.05, 0.1) is 11.8 Å². The maximum absolute atomic E-state index is 10.3. The normalized spacial score (nSPS) is 19.4. The van der Waals surface area contributed by atoms with Crippen LogP contribution >= 0.6 is 0 Å². The first kappa shape index (κ1) is 11.3. The van der Waals surface area contributed by atoms with E-state index in [9.17, 15) is 5.11 Å². The van der Waals surface area contributed by atoms with Gasteiger partial charge in [-0.15, -0.1) is 5.10 Å². The van der Waals surface area contributed by atoms with Crippen molar-refractivity contribution in [3.8, 4) is 0 Å². The second-order valence-electron chi connectivity index (χ2n) is 4.76. The zero-order valence-electron chi connectivity index (χ0n) is 9.74. The van der Waals surface area contributed by atoms with Crippen LogP contribution in [0.25, 0.3) is 0 Å². The van der Waals surface area contributed by atoms with Gasteiger partial charge in [-0.1, -0.05) is 19.3 Å². The smallest absolute Gasteiger partial charge is 0.149 e. The Morgan fingerprint density at radius 2 is 2.12 bits per heavy atom. The van der Waals surface area contributed by atoms with E-state index in [0.29, 0.717) is 6.54 Å². The summed E-state index contributed by atoms with van der Waals surface area (Å²) in [5.41, 5.74) is 0.525. The average Bonchev–Trinajstić information content (AvgIpc) is 2.28. The molecule has 0 saturated heterocycles. The zero-order chi connectivity index (χ0) is 11.4. The van der Waals surface area contributed by atoms with Gasteiger partial charge in [0.25, 0.3) is 0 Å². The van der Waals surface area contributed by atoms with Gasteiger partial charge in [-0.3, -0.25) is 0 Å². The molecule has 1 aromatic heterocycles. The quantitative estimate of drug-likeness (QED) is 0.818. The van der Waals surface area contributed by atoms with Gasteiger partial charge in [0, 0.05) is 6.54 Å². The molecule has 4 heteroatoms. The molecular formula is C12H19N3O. The van der Waals surface area contributed by atoms with Crippen LogP contribution in [-0.2, 0) is 0 Å². The first-order valence-electron chi connectivity index (χ1n) is 5.94. The van der Waals surface area contributed by atoms with E-state index in [1.165, 1.54) is 6.42 Å². The molecule has 0 spiro atoms. The summed E-state index contributed by atoms with van der Waals surface area (Å²) < 4.78 is 0. The number of anilines is 1. The van der Waals surface area contributed by atoms with E-state index in [4.69, 9.17) is 0 Å². The minimum absolute atomic E-state index is 0.552. The van der Waals surface area contributed by atoms with Crippen LogP contribution in [0.2, 0.25) is 0 Å². The fourth-order valence-corrected chi connectivity index (χ4v) is 2.19. The Morgan fingerprint density at radius 3 is 2.81 bits per heavy atom. The Balaban J connectivity index is 1.91. The lowest BCUT2D eigenvalue weighted by Gasteiger charge is -2.32. The third-order valence-corrected chi connectivity index (χ3v) is 3.17. The zero-order valence-corrected chi connectivity index (χ0v) is 9.74. The lowest BCUT2D eigenvalue weighted by Crippen LogP contribution is -2.38. The Bertz CT molecular complexity index is 348. The molecule has 88 valence electrons. The number of rotatable bonds is 3. The maximum Gasteiger partial charge on any atom is 0.149 e. The Hall–Kier alpha value is -1.16. The highest BCUT2D eigenvalue weighted by Gasteiger charge is 2.28. The Morgan fingerprint density at radius 1 is 1.38 bits per heavy atom. The van der Waals surface area contributed by atoms with Crippen LogP contribution in [0, 0.1) is 6.92 Å². The molecule has 0 amide bonds. The molecule has 0 atom stereocenters. The summed E-state index contributed by atoms with van der Waals surface area (Å²) >= 11 is 0. The van der Waals surface area contributed by atoms with Crippen LogP contribution in [0.5, 0.6) is 0 Å². The third kappa shape index (κ3) is 2.92. The highest BCUT2D eigenvalue weighted by molar-refractivity contribution is 5.35. The molecule has 16 heavy (non-hydrogen) atoms. The molecule has 4 nitrogen and oxygen atoms in total. The van der Waals surface area contributed by atoms with E-state index >= 15 is 0 Å². The van der Waals surface area contributed by atoms with E-state index in [0.717, 1.165) is 37.1 Å². The molecule has 1 aliphatic rings. The van der Waals surface area contributed by atoms with Gasteiger partial charge >= 0.3 is 0 Å². The molecule has 1 heterocycles. The predicted molar refractivity (Wildman–Crippen MR) is 63.3 cm³/mol. The molecule has 0 aliphatic heterocycles. The van der Waals surface area contributed by atoms with E-state index in [1.54, 1.807) is 6.20 Å². The number of aromatic nitrogens is 2. The van der Waals surface area contributed by atoms with Crippen molar-refractivity contribution in [2.75, 3.05) is 11.9 Å². The van der Waals surface area contributed by atoms with Crippen molar-refractivity contribution in [2.24, 2.45) is 0 Å². The summed E-state index contributed by atoms with van der Waals surface area (Å²) in [7, 11) is 0. The van der Waals surface area contributed by atoms with E-state index in [1.807, 2.05) is 13.0 Å². The summed E-state index contributed by atoms with van der Waals surface area (Å²) in [6, 6.07) is 1.94. The lowest BCUT2D eigenvalue weighted by atomic mass is 9.85. The molecular weight excluding hydrogens is 202 g/mol. The monoisotopic (exact) mass is 221 g/mol. The molecule has 2 N–H and O–H groups in total. The van der Waals surface area contributed by atoms with Gasteiger partial charge in [0.1, 0.15) is 5.82 Å². The molecule has 0 bridgehead atoms. The van der Waals surface area contributed by atoms with Crippen LogP contribution in [-0.4, -0.2) is 27.4 Å². The van der Waals surface area contributed by atoms with Gasteiger partial charge in [-0.25, -0.2) is 0 Å². The number of aryl methyl sites for hydroxylation is 1. The van der Waals surface area contributed by atoms with Gasteiger partial charge in [-0.2, -0.15) is 5.10 Å². The van der Waals surface area contributed by atoms with Gasteiger partial charge in [-0.05, 0) is 31.4 Å². The number of hydrogen-bond donors (Lipinski definition) is 2. The fraction of sp³-hybridized carbons (Fsp3) is 0.667. The van der Waals surface area contributed by atoms with E-state index in [2.05, 4.69) is 15.5 Å². The third-order valence-electron chi connectivity index (χ3n) is 3.17. The van der Waals surface area contributed by atoms with Crippen LogP contribution in [0.1, 0.15) is 37.7 Å². The van der Waals surface area contributed by atoms with Crippen molar-refractivity contribution < 1.29 is 5.11 Å². The Labute approximate surface area is 96.1 Å². The highest BCUT2D eigenvalue weighted by atomic mass is 16.3. The second-order valence-corrected chi connectivity index (χ2v) is 4.76. The highest BCUT2D eigenvalue weighted by Crippen LogP contribution is 2.28. The molecule has 0 unspecified atom stereocenters. The van der Waals surface area contributed by atoms with Crippen LogP contribution < -0.4 is 5.32 Å². The first-order valence-corrected chi connectivity index (χ1v) is 5.94. The summed E-state index contributed by atoms with van der Waals surface area (Å²) in [4.78, 5) is 0. The van der Waals surface area contributed by atoms with Crippen molar-refractivity contribution >= 4 is 5.82 Å². The molecule has 1 aromatic rings. The van der Waals surface area contributed by atoms with Gasteiger partial charge < -0.3 is 10.4 Å². The summed E-state index contributed by atoms with van der Waals surface area (Å²) in [5, 5.41) is 21.3. The number of nitrogens with zero attached hydrogens (tertiary/aromatic N) is 2. The molecule has 2 rings (SSSR count). The minimum atomic E-state index is -0.552. The second kappa shape index (κ2) is 4.78. The standard InChI is InChI=1S/C12H19N3O/c1-10-7-11(15-14-8-10)13-9-12(16)5-3-2-4-6-12/h7-8,16H,2-6,9H2,1H3,(H,13,15). The van der Waals surface area contributed by atoms with Crippen molar-refractivity contribution in [3.63, 3.8) is 0 Å².